The Bertz CT molecular complexity index is 1400. The molecule has 0 aliphatic heterocycles. The summed E-state index contributed by atoms with van der Waals surface area (Å²) < 4.78 is 27.0. The van der Waals surface area contributed by atoms with Crippen LogP contribution in [0.2, 0.25) is 0 Å². The Labute approximate surface area is 195 Å². The van der Waals surface area contributed by atoms with Crippen LogP contribution in [0.1, 0.15) is 23.6 Å². The van der Waals surface area contributed by atoms with E-state index in [-0.39, 0.29) is 16.6 Å². The molecule has 168 valence electrons. The Morgan fingerprint density at radius 2 is 1.36 bits per heavy atom. The zero-order valence-electron chi connectivity index (χ0n) is 19.0. The van der Waals surface area contributed by atoms with Gasteiger partial charge in [0.2, 0.25) is 5.91 Å². The Kier molecular flexibility index (Phi) is 6.09. The molecular weight excluding hydrogens is 430 g/mol. The summed E-state index contributed by atoms with van der Waals surface area (Å²) in [5.74, 6) is -0.715. The fourth-order valence-corrected chi connectivity index (χ4v) is 5.85. The van der Waals surface area contributed by atoms with E-state index in [2.05, 4.69) is 5.32 Å². The monoisotopic (exact) mass is 457 g/mol. The van der Waals surface area contributed by atoms with Gasteiger partial charge >= 0.3 is 0 Å². The number of sulfone groups is 1. The fourth-order valence-electron chi connectivity index (χ4n) is 4.09. The van der Waals surface area contributed by atoms with E-state index in [1.807, 2.05) is 80.6 Å². The predicted molar refractivity (Wildman–Crippen MR) is 134 cm³/mol. The second kappa shape index (κ2) is 8.83. The zero-order valence-corrected chi connectivity index (χ0v) is 19.8. The topological polar surface area (TPSA) is 63.2 Å². The maximum atomic E-state index is 13.8. The summed E-state index contributed by atoms with van der Waals surface area (Å²) in [4.78, 5) is 14.0. The van der Waals surface area contributed by atoms with Crippen molar-refractivity contribution in [3.8, 4) is 0 Å². The van der Waals surface area contributed by atoms with E-state index < -0.39 is 15.3 Å². The van der Waals surface area contributed by atoms with Crippen LogP contribution in [0.15, 0.2) is 95.9 Å². The van der Waals surface area contributed by atoms with Gasteiger partial charge in [-0.05, 0) is 61.4 Å². The lowest BCUT2D eigenvalue weighted by molar-refractivity contribution is -0.120. The third-order valence-electron chi connectivity index (χ3n) is 6.05. The molecule has 0 aliphatic carbocycles. The van der Waals surface area contributed by atoms with Gasteiger partial charge in [0.25, 0.3) is 0 Å². The highest BCUT2D eigenvalue weighted by atomic mass is 32.2. The van der Waals surface area contributed by atoms with E-state index in [1.165, 1.54) is 0 Å². The van der Waals surface area contributed by atoms with Crippen molar-refractivity contribution in [1.29, 1.82) is 0 Å². The maximum Gasteiger partial charge on any atom is 0.235 e. The normalized spacial score (nSPS) is 13.4. The van der Waals surface area contributed by atoms with Crippen molar-refractivity contribution in [1.82, 2.24) is 0 Å². The molecule has 1 amide bonds. The van der Waals surface area contributed by atoms with Gasteiger partial charge in [0, 0.05) is 5.69 Å². The first-order valence-electron chi connectivity index (χ1n) is 10.8. The first-order valence-corrected chi connectivity index (χ1v) is 12.5. The average molecular weight is 458 g/mol. The number of anilines is 1. The molecule has 0 saturated heterocycles. The summed E-state index contributed by atoms with van der Waals surface area (Å²) in [5, 5.41) is 4.77. The quantitative estimate of drug-likeness (QED) is 0.396. The standard InChI is InChI=1S/C28H27NO3S/c1-20-11-15-23(16-12-20)29-27(30)28(3,19-33(31,32)24-17-13-21(2)14-18-24)26-10-6-8-22-7-4-5-9-25(22)26/h4-18H,19H2,1-3H3,(H,29,30). The SMILES string of the molecule is Cc1ccc(NC(=O)C(C)(CS(=O)(=O)c2ccc(C)cc2)c2cccc3ccccc23)cc1. The highest BCUT2D eigenvalue weighted by Crippen LogP contribution is 2.35. The van der Waals surface area contributed by atoms with Gasteiger partial charge in [-0.2, -0.15) is 0 Å². The second-order valence-electron chi connectivity index (χ2n) is 8.75. The molecule has 0 saturated carbocycles. The van der Waals surface area contributed by atoms with Crippen molar-refractivity contribution in [2.45, 2.75) is 31.1 Å². The van der Waals surface area contributed by atoms with Gasteiger partial charge in [0.15, 0.2) is 9.84 Å². The Morgan fingerprint density at radius 1 is 0.788 bits per heavy atom. The highest BCUT2D eigenvalue weighted by molar-refractivity contribution is 7.91. The summed E-state index contributed by atoms with van der Waals surface area (Å²) in [6.45, 7) is 5.59. The van der Waals surface area contributed by atoms with Gasteiger partial charge in [-0.25, -0.2) is 8.42 Å². The van der Waals surface area contributed by atoms with Crippen LogP contribution in [0.4, 0.5) is 5.69 Å². The molecule has 4 rings (SSSR count). The number of benzene rings is 4. The van der Waals surface area contributed by atoms with Crippen LogP contribution < -0.4 is 5.32 Å². The van der Waals surface area contributed by atoms with Crippen molar-refractivity contribution in [3.63, 3.8) is 0 Å². The molecule has 4 aromatic rings. The molecular formula is C28H27NO3S. The number of hydrogen-bond acceptors (Lipinski definition) is 3. The number of hydrogen-bond donors (Lipinski definition) is 1. The molecule has 0 bridgehead atoms. The fraction of sp³-hybridized carbons (Fsp3) is 0.179. The van der Waals surface area contributed by atoms with Crippen LogP contribution in [-0.4, -0.2) is 20.1 Å². The van der Waals surface area contributed by atoms with Crippen molar-refractivity contribution in [3.05, 3.63) is 108 Å². The molecule has 0 fully saturated rings. The molecule has 1 atom stereocenters. The molecule has 4 aromatic carbocycles. The van der Waals surface area contributed by atoms with Gasteiger partial charge in [0.05, 0.1) is 16.1 Å². The summed E-state index contributed by atoms with van der Waals surface area (Å²) in [7, 11) is -3.76. The van der Waals surface area contributed by atoms with Gasteiger partial charge in [-0.1, -0.05) is 77.9 Å². The van der Waals surface area contributed by atoms with Crippen LogP contribution >= 0.6 is 0 Å². The molecule has 5 heteroatoms. The summed E-state index contributed by atoms with van der Waals surface area (Å²) in [6.07, 6.45) is 0. The van der Waals surface area contributed by atoms with E-state index in [0.717, 1.165) is 21.9 Å². The van der Waals surface area contributed by atoms with Crippen molar-refractivity contribution in [2.75, 3.05) is 11.1 Å². The molecule has 33 heavy (non-hydrogen) atoms. The van der Waals surface area contributed by atoms with Crippen molar-refractivity contribution in [2.24, 2.45) is 0 Å². The number of carbonyl (C=O) groups is 1. The van der Waals surface area contributed by atoms with E-state index >= 15 is 0 Å². The van der Waals surface area contributed by atoms with Crippen molar-refractivity contribution < 1.29 is 13.2 Å². The smallest absolute Gasteiger partial charge is 0.235 e. The maximum absolute atomic E-state index is 13.8. The number of aryl methyl sites for hydroxylation is 2. The lowest BCUT2D eigenvalue weighted by Crippen LogP contribution is -2.43. The Hall–Kier alpha value is -3.44. The number of amides is 1. The molecule has 0 heterocycles. The summed E-state index contributed by atoms with van der Waals surface area (Å²) in [5.41, 5.74) is 2.04. The van der Waals surface area contributed by atoms with Gasteiger partial charge in [-0.15, -0.1) is 0 Å². The highest BCUT2D eigenvalue weighted by Gasteiger charge is 2.41. The largest absolute Gasteiger partial charge is 0.325 e. The first-order chi connectivity index (χ1) is 15.7. The lowest BCUT2D eigenvalue weighted by atomic mass is 9.80. The van der Waals surface area contributed by atoms with Crippen LogP contribution in [0, 0.1) is 13.8 Å². The van der Waals surface area contributed by atoms with Crippen LogP contribution in [0.5, 0.6) is 0 Å². The third-order valence-corrected chi connectivity index (χ3v) is 8.00. The van der Waals surface area contributed by atoms with Crippen molar-refractivity contribution >= 4 is 32.2 Å². The summed E-state index contributed by atoms with van der Waals surface area (Å²) >= 11 is 0. The Morgan fingerprint density at radius 3 is 2.03 bits per heavy atom. The van der Waals surface area contributed by atoms with E-state index in [4.69, 9.17) is 0 Å². The second-order valence-corrected chi connectivity index (χ2v) is 10.7. The minimum absolute atomic E-state index is 0.211. The molecule has 1 N–H and O–H groups in total. The van der Waals surface area contributed by atoms with Crippen LogP contribution in [0.25, 0.3) is 10.8 Å². The number of carbonyl (C=O) groups excluding carboxylic acids is 1. The number of rotatable bonds is 6. The lowest BCUT2D eigenvalue weighted by Gasteiger charge is -2.30. The van der Waals surface area contributed by atoms with Gasteiger partial charge in [-0.3, -0.25) is 4.79 Å². The van der Waals surface area contributed by atoms with E-state index in [1.54, 1.807) is 31.2 Å². The number of nitrogens with one attached hydrogen (secondary N) is 1. The molecule has 1 unspecified atom stereocenters. The average Bonchev–Trinajstić information content (AvgIpc) is 2.80. The van der Waals surface area contributed by atoms with Gasteiger partial charge in [0.1, 0.15) is 0 Å². The third kappa shape index (κ3) is 4.69. The molecule has 0 aromatic heterocycles. The summed E-state index contributed by atoms with van der Waals surface area (Å²) in [6, 6.07) is 27.6. The van der Waals surface area contributed by atoms with E-state index in [0.29, 0.717) is 11.3 Å². The minimum Gasteiger partial charge on any atom is -0.325 e. The van der Waals surface area contributed by atoms with E-state index in [9.17, 15) is 13.2 Å². The molecule has 0 spiro atoms. The predicted octanol–water partition coefficient (Wildman–Crippen LogP) is 5.83. The minimum atomic E-state index is -3.76. The zero-order chi connectivity index (χ0) is 23.6. The molecule has 0 radical (unpaired) electrons. The number of fused-ring (bicyclic) bond motifs is 1. The van der Waals surface area contributed by atoms with Gasteiger partial charge < -0.3 is 5.32 Å². The van der Waals surface area contributed by atoms with Crippen LogP contribution in [0.3, 0.4) is 0 Å². The van der Waals surface area contributed by atoms with Crippen LogP contribution in [-0.2, 0) is 20.0 Å². The molecule has 4 nitrogen and oxygen atoms in total. The Balaban J connectivity index is 1.83. The first kappa shape index (κ1) is 22.7. The molecule has 0 aliphatic rings.